The van der Waals surface area contributed by atoms with Gasteiger partial charge in [-0.05, 0) is 35.9 Å². The summed E-state index contributed by atoms with van der Waals surface area (Å²) >= 11 is 0. The van der Waals surface area contributed by atoms with E-state index in [1.165, 1.54) is 6.08 Å². The summed E-state index contributed by atoms with van der Waals surface area (Å²) in [7, 11) is 0. The third-order valence-corrected chi connectivity index (χ3v) is 2.92. The van der Waals surface area contributed by atoms with Crippen LogP contribution < -0.4 is 10.1 Å². The molecule has 2 aromatic rings. The second-order valence-electron chi connectivity index (χ2n) is 4.68. The molecule has 0 unspecified atom stereocenters. The van der Waals surface area contributed by atoms with Crippen LogP contribution >= 0.6 is 0 Å². The summed E-state index contributed by atoms with van der Waals surface area (Å²) in [5.74, 6) is 0.532. The molecule has 22 heavy (non-hydrogen) atoms. The number of carbonyl (C=O) groups excluding carboxylic acids is 1. The number of hydrogen-bond acceptors (Lipinski definition) is 3. The lowest BCUT2D eigenvalue weighted by atomic mass is 10.2. The average molecular weight is 297 g/mol. The van der Waals surface area contributed by atoms with Crippen molar-refractivity contribution in [2.75, 3.05) is 18.5 Å². The number of nitrogens with one attached hydrogen (secondary N) is 1. The molecular weight excluding hydrogens is 278 g/mol. The van der Waals surface area contributed by atoms with Gasteiger partial charge >= 0.3 is 0 Å². The van der Waals surface area contributed by atoms with Crippen LogP contribution in [0.1, 0.15) is 12.0 Å². The molecule has 0 aromatic heterocycles. The van der Waals surface area contributed by atoms with Crippen molar-refractivity contribution in [2.45, 2.75) is 6.42 Å². The molecule has 0 saturated heterocycles. The number of aliphatic hydroxyl groups excluding tert-OH is 1. The first-order valence-electron chi connectivity index (χ1n) is 7.16. The Kier molecular flexibility index (Phi) is 6.20. The Hall–Kier alpha value is -2.59. The molecule has 0 heterocycles. The summed E-state index contributed by atoms with van der Waals surface area (Å²) in [4.78, 5) is 11.8. The number of hydrogen-bond donors (Lipinski definition) is 2. The Morgan fingerprint density at radius 3 is 2.50 bits per heavy atom. The SMILES string of the molecule is O=C(C=Cc1ccccc1)Nc1ccc(OCCCO)cc1. The van der Waals surface area contributed by atoms with Gasteiger partial charge in [0.15, 0.2) is 0 Å². The van der Waals surface area contributed by atoms with E-state index in [1.807, 2.05) is 30.3 Å². The highest BCUT2D eigenvalue weighted by Gasteiger charge is 1.99. The predicted molar refractivity (Wildman–Crippen MR) is 87.7 cm³/mol. The fourth-order valence-corrected chi connectivity index (χ4v) is 1.81. The standard InChI is InChI=1S/C18H19NO3/c20-13-4-14-22-17-10-8-16(9-11-17)19-18(21)12-7-15-5-2-1-3-6-15/h1-3,5-12,20H,4,13-14H2,(H,19,21). The number of amides is 1. The van der Waals surface area contributed by atoms with Crippen LogP contribution in [0.4, 0.5) is 5.69 Å². The zero-order chi connectivity index (χ0) is 15.6. The summed E-state index contributed by atoms with van der Waals surface area (Å²) in [6.07, 6.45) is 3.87. The van der Waals surface area contributed by atoms with Gasteiger partial charge in [0.1, 0.15) is 5.75 Å². The number of benzene rings is 2. The fourth-order valence-electron chi connectivity index (χ4n) is 1.81. The number of anilines is 1. The fraction of sp³-hybridized carbons (Fsp3) is 0.167. The monoisotopic (exact) mass is 297 g/mol. The molecule has 0 aliphatic rings. The zero-order valence-electron chi connectivity index (χ0n) is 12.2. The van der Waals surface area contributed by atoms with Crippen LogP contribution in [0.5, 0.6) is 5.75 Å². The first kappa shape index (κ1) is 15.8. The highest BCUT2D eigenvalue weighted by Crippen LogP contribution is 2.16. The van der Waals surface area contributed by atoms with Crippen LogP contribution in [-0.2, 0) is 4.79 Å². The molecule has 2 N–H and O–H groups in total. The number of carbonyl (C=O) groups is 1. The summed E-state index contributed by atoms with van der Waals surface area (Å²) < 4.78 is 5.43. The van der Waals surface area contributed by atoms with Crippen LogP contribution in [0.15, 0.2) is 60.7 Å². The van der Waals surface area contributed by atoms with Gasteiger partial charge in [0.25, 0.3) is 0 Å². The lowest BCUT2D eigenvalue weighted by molar-refractivity contribution is -0.111. The summed E-state index contributed by atoms with van der Waals surface area (Å²) in [6, 6.07) is 16.8. The quantitative estimate of drug-likeness (QED) is 0.610. The Balaban J connectivity index is 1.85. The van der Waals surface area contributed by atoms with Crippen LogP contribution in [0, 0.1) is 0 Å². The van der Waals surface area contributed by atoms with Crippen molar-refractivity contribution in [2.24, 2.45) is 0 Å². The predicted octanol–water partition coefficient (Wildman–Crippen LogP) is 3.10. The number of rotatable bonds is 7. The van der Waals surface area contributed by atoms with Crippen molar-refractivity contribution in [3.8, 4) is 5.75 Å². The Morgan fingerprint density at radius 1 is 1.09 bits per heavy atom. The van der Waals surface area contributed by atoms with E-state index in [-0.39, 0.29) is 12.5 Å². The van der Waals surface area contributed by atoms with E-state index in [0.717, 1.165) is 5.56 Å². The lowest BCUT2D eigenvalue weighted by Gasteiger charge is -2.06. The number of aliphatic hydroxyl groups is 1. The van der Waals surface area contributed by atoms with Gasteiger partial charge in [0.2, 0.25) is 5.91 Å². The van der Waals surface area contributed by atoms with E-state index < -0.39 is 0 Å². The molecule has 0 radical (unpaired) electrons. The minimum absolute atomic E-state index is 0.113. The molecule has 4 nitrogen and oxygen atoms in total. The van der Waals surface area contributed by atoms with Crippen LogP contribution in [0.3, 0.4) is 0 Å². The lowest BCUT2D eigenvalue weighted by Crippen LogP contribution is -2.07. The van der Waals surface area contributed by atoms with Crippen molar-refractivity contribution in [1.82, 2.24) is 0 Å². The molecule has 2 rings (SSSR count). The second-order valence-corrected chi connectivity index (χ2v) is 4.68. The Morgan fingerprint density at radius 2 is 1.82 bits per heavy atom. The molecule has 2 aromatic carbocycles. The van der Waals surface area contributed by atoms with E-state index in [4.69, 9.17) is 9.84 Å². The molecule has 0 saturated carbocycles. The van der Waals surface area contributed by atoms with Gasteiger partial charge in [-0.15, -0.1) is 0 Å². The summed E-state index contributed by atoms with van der Waals surface area (Å²) in [6.45, 7) is 0.587. The third-order valence-electron chi connectivity index (χ3n) is 2.92. The van der Waals surface area contributed by atoms with Crippen molar-refractivity contribution < 1.29 is 14.6 Å². The van der Waals surface area contributed by atoms with Crippen molar-refractivity contribution in [3.05, 3.63) is 66.2 Å². The third kappa shape index (κ3) is 5.42. The Labute approximate surface area is 130 Å². The molecule has 0 fully saturated rings. The summed E-state index contributed by atoms with van der Waals surface area (Å²) in [5, 5.41) is 11.5. The normalized spacial score (nSPS) is 10.6. The zero-order valence-corrected chi connectivity index (χ0v) is 12.2. The molecule has 0 spiro atoms. The average Bonchev–Trinajstić information content (AvgIpc) is 2.56. The highest BCUT2D eigenvalue weighted by molar-refractivity contribution is 6.01. The van der Waals surface area contributed by atoms with Gasteiger partial charge in [0, 0.05) is 24.8 Å². The molecule has 4 heteroatoms. The minimum Gasteiger partial charge on any atom is -0.494 e. The maximum absolute atomic E-state index is 11.8. The van der Waals surface area contributed by atoms with E-state index >= 15 is 0 Å². The largest absolute Gasteiger partial charge is 0.494 e. The van der Waals surface area contributed by atoms with Gasteiger partial charge in [-0.25, -0.2) is 0 Å². The number of ether oxygens (including phenoxy) is 1. The smallest absolute Gasteiger partial charge is 0.248 e. The van der Waals surface area contributed by atoms with Gasteiger partial charge in [-0.3, -0.25) is 4.79 Å². The first-order valence-corrected chi connectivity index (χ1v) is 7.16. The summed E-state index contributed by atoms with van der Waals surface area (Å²) in [5.41, 5.74) is 1.68. The van der Waals surface area contributed by atoms with Crippen LogP contribution in [0.2, 0.25) is 0 Å². The maximum atomic E-state index is 11.8. The Bertz CT molecular complexity index is 606. The van der Waals surface area contributed by atoms with Crippen molar-refractivity contribution in [1.29, 1.82) is 0 Å². The molecular formula is C18H19NO3. The minimum atomic E-state index is -0.183. The van der Waals surface area contributed by atoms with Crippen molar-refractivity contribution >= 4 is 17.7 Å². The van der Waals surface area contributed by atoms with Gasteiger partial charge in [-0.1, -0.05) is 30.3 Å². The van der Waals surface area contributed by atoms with Crippen LogP contribution in [0.25, 0.3) is 6.08 Å². The first-order chi connectivity index (χ1) is 10.8. The van der Waals surface area contributed by atoms with E-state index in [1.54, 1.807) is 30.3 Å². The molecule has 0 aliphatic heterocycles. The highest BCUT2D eigenvalue weighted by atomic mass is 16.5. The van der Waals surface area contributed by atoms with E-state index in [0.29, 0.717) is 24.5 Å². The van der Waals surface area contributed by atoms with Gasteiger partial charge in [0.05, 0.1) is 6.61 Å². The van der Waals surface area contributed by atoms with Gasteiger partial charge in [-0.2, -0.15) is 0 Å². The molecule has 0 bridgehead atoms. The van der Waals surface area contributed by atoms with Crippen LogP contribution in [-0.4, -0.2) is 24.2 Å². The van der Waals surface area contributed by atoms with Gasteiger partial charge < -0.3 is 15.2 Å². The molecule has 0 atom stereocenters. The molecule has 1 amide bonds. The topological polar surface area (TPSA) is 58.6 Å². The van der Waals surface area contributed by atoms with Crippen molar-refractivity contribution in [3.63, 3.8) is 0 Å². The molecule has 0 aliphatic carbocycles. The second kappa shape index (κ2) is 8.64. The molecule has 114 valence electrons. The maximum Gasteiger partial charge on any atom is 0.248 e. The van der Waals surface area contributed by atoms with E-state index in [2.05, 4.69) is 5.32 Å². The van der Waals surface area contributed by atoms with E-state index in [9.17, 15) is 4.79 Å².